The number of carbonyl (C=O) groups excluding carboxylic acids is 1. The van der Waals surface area contributed by atoms with E-state index in [4.69, 9.17) is 0 Å². The SMILES string of the molecule is CC(Cc1ccc(C2CC2)cc1)C(=O)N1CCCCC1.Cl. The fourth-order valence-electron chi connectivity index (χ4n) is 3.21. The van der Waals surface area contributed by atoms with Gasteiger partial charge in [-0.1, -0.05) is 31.2 Å². The first-order valence-corrected chi connectivity index (χ1v) is 8.11. The third kappa shape index (κ3) is 4.23. The molecule has 1 aromatic rings. The molecule has 1 saturated carbocycles. The van der Waals surface area contributed by atoms with Crippen LogP contribution in [0.25, 0.3) is 0 Å². The minimum Gasteiger partial charge on any atom is -0.342 e. The molecule has 0 N–H and O–H groups in total. The van der Waals surface area contributed by atoms with Crippen LogP contribution in [-0.2, 0) is 11.2 Å². The van der Waals surface area contributed by atoms with E-state index in [0.717, 1.165) is 25.4 Å². The normalized spacial score (nSPS) is 19.8. The fourth-order valence-corrected chi connectivity index (χ4v) is 3.21. The molecule has 0 aromatic heterocycles. The molecule has 116 valence electrons. The Balaban J connectivity index is 0.00000161. The van der Waals surface area contributed by atoms with Crippen molar-refractivity contribution < 1.29 is 4.79 Å². The number of piperidine rings is 1. The van der Waals surface area contributed by atoms with Crippen molar-refractivity contribution in [1.29, 1.82) is 0 Å². The number of rotatable bonds is 4. The molecule has 1 amide bonds. The Bertz CT molecular complexity index is 461. The van der Waals surface area contributed by atoms with Crippen molar-refractivity contribution in [1.82, 2.24) is 4.90 Å². The highest BCUT2D eigenvalue weighted by Gasteiger charge is 2.24. The molecule has 21 heavy (non-hydrogen) atoms. The van der Waals surface area contributed by atoms with E-state index in [1.807, 2.05) is 0 Å². The van der Waals surface area contributed by atoms with Gasteiger partial charge in [-0.3, -0.25) is 4.79 Å². The molecule has 0 bridgehead atoms. The number of hydrogen-bond acceptors (Lipinski definition) is 1. The second-order valence-corrected chi connectivity index (χ2v) is 6.51. The van der Waals surface area contributed by atoms with Crippen LogP contribution in [0.1, 0.15) is 56.1 Å². The summed E-state index contributed by atoms with van der Waals surface area (Å²) in [6, 6.07) is 8.94. The molecule has 1 saturated heterocycles. The summed E-state index contributed by atoms with van der Waals surface area (Å²) in [5, 5.41) is 0. The van der Waals surface area contributed by atoms with Crippen molar-refractivity contribution in [3.63, 3.8) is 0 Å². The van der Waals surface area contributed by atoms with E-state index in [0.29, 0.717) is 5.91 Å². The summed E-state index contributed by atoms with van der Waals surface area (Å²) in [6.07, 6.45) is 7.20. The van der Waals surface area contributed by atoms with Gasteiger partial charge in [0.25, 0.3) is 0 Å². The number of likely N-dealkylation sites (tertiary alicyclic amines) is 1. The number of halogens is 1. The Kier molecular flexibility index (Phi) is 5.69. The summed E-state index contributed by atoms with van der Waals surface area (Å²) < 4.78 is 0. The van der Waals surface area contributed by atoms with Crippen LogP contribution in [-0.4, -0.2) is 23.9 Å². The molecule has 1 heterocycles. The van der Waals surface area contributed by atoms with Crippen molar-refractivity contribution in [2.45, 2.75) is 51.4 Å². The van der Waals surface area contributed by atoms with E-state index in [9.17, 15) is 4.79 Å². The molecular formula is C18H26ClNO. The first-order chi connectivity index (χ1) is 9.74. The Hall–Kier alpha value is -1.02. The first kappa shape index (κ1) is 16.4. The highest BCUT2D eigenvalue weighted by molar-refractivity contribution is 5.85. The largest absolute Gasteiger partial charge is 0.342 e. The Morgan fingerprint density at radius 3 is 2.33 bits per heavy atom. The van der Waals surface area contributed by atoms with Gasteiger partial charge in [0.15, 0.2) is 0 Å². The second-order valence-electron chi connectivity index (χ2n) is 6.51. The zero-order valence-electron chi connectivity index (χ0n) is 12.9. The lowest BCUT2D eigenvalue weighted by Gasteiger charge is -2.29. The van der Waals surface area contributed by atoms with Gasteiger partial charge in [0.05, 0.1) is 0 Å². The van der Waals surface area contributed by atoms with Crippen molar-refractivity contribution in [3.8, 4) is 0 Å². The maximum atomic E-state index is 12.4. The zero-order valence-corrected chi connectivity index (χ0v) is 13.7. The van der Waals surface area contributed by atoms with E-state index in [1.54, 1.807) is 0 Å². The van der Waals surface area contributed by atoms with E-state index < -0.39 is 0 Å². The molecular weight excluding hydrogens is 282 g/mol. The number of benzene rings is 1. The molecule has 3 heteroatoms. The molecule has 2 fully saturated rings. The van der Waals surface area contributed by atoms with Gasteiger partial charge in [-0.15, -0.1) is 12.4 Å². The van der Waals surface area contributed by atoms with Gasteiger partial charge in [-0.25, -0.2) is 0 Å². The fraction of sp³-hybridized carbons (Fsp3) is 0.611. The third-order valence-corrected chi connectivity index (χ3v) is 4.66. The minimum atomic E-state index is 0. The number of hydrogen-bond donors (Lipinski definition) is 0. The van der Waals surface area contributed by atoms with Crippen LogP contribution < -0.4 is 0 Å². The quantitative estimate of drug-likeness (QED) is 0.817. The molecule has 1 atom stereocenters. The van der Waals surface area contributed by atoms with Gasteiger partial charge >= 0.3 is 0 Å². The van der Waals surface area contributed by atoms with Gasteiger partial charge in [0, 0.05) is 19.0 Å². The summed E-state index contributed by atoms with van der Waals surface area (Å²) in [7, 11) is 0. The molecule has 0 radical (unpaired) electrons. The molecule has 2 nitrogen and oxygen atoms in total. The molecule has 0 spiro atoms. The molecule has 3 rings (SSSR count). The Labute approximate surface area is 134 Å². The summed E-state index contributed by atoms with van der Waals surface area (Å²) >= 11 is 0. The highest BCUT2D eigenvalue weighted by atomic mass is 35.5. The van der Waals surface area contributed by atoms with Gasteiger partial charge in [0.1, 0.15) is 0 Å². The smallest absolute Gasteiger partial charge is 0.225 e. The maximum absolute atomic E-state index is 12.4. The average molecular weight is 308 g/mol. The molecule has 1 aliphatic carbocycles. The number of amides is 1. The van der Waals surface area contributed by atoms with Crippen LogP contribution in [0, 0.1) is 5.92 Å². The lowest BCUT2D eigenvalue weighted by atomic mass is 9.97. The van der Waals surface area contributed by atoms with E-state index in [-0.39, 0.29) is 18.3 Å². The number of carbonyl (C=O) groups is 1. The predicted octanol–water partition coefficient (Wildman–Crippen LogP) is 4.18. The molecule has 1 aromatic carbocycles. The average Bonchev–Trinajstić information content (AvgIpc) is 3.33. The summed E-state index contributed by atoms with van der Waals surface area (Å²) in [6.45, 7) is 4.00. The lowest BCUT2D eigenvalue weighted by Crippen LogP contribution is -2.39. The molecule has 2 aliphatic rings. The lowest BCUT2D eigenvalue weighted by molar-refractivity contribution is -0.135. The van der Waals surface area contributed by atoms with Crippen LogP contribution in [0.4, 0.5) is 0 Å². The van der Waals surface area contributed by atoms with Crippen LogP contribution in [0.3, 0.4) is 0 Å². The molecule has 1 unspecified atom stereocenters. The summed E-state index contributed by atoms with van der Waals surface area (Å²) in [4.78, 5) is 14.5. The van der Waals surface area contributed by atoms with Crippen molar-refractivity contribution in [2.24, 2.45) is 5.92 Å². The van der Waals surface area contributed by atoms with E-state index in [1.165, 1.54) is 43.2 Å². The van der Waals surface area contributed by atoms with Crippen molar-refractivity contribution in [3.05, 3.63) is 35.4 Å². The Morgan fingerprint density at radius 2 is 1.76 bits per heavy atom. The van der Waals surface area contributed by atoms with Crippen LogP contribution in [0.2, 0.25) is 0 Å². The van der Waals surface area contributed by atoms with Gasteiger partial charge in [0.2, 0.25) is 5.91 Å². The van der Waals surface area contributed by atoms with Crippen molar-refractivity contribution >= 4 is 18.3 Å². The highest BCUT2D eigenvalue weighted by Crippen LogP contribution is 2.39. The summed E-state index contributed by atoms with van der Waals surface area (Å²) in [5.74, 6) is 1.27. The van der Waals surface area contributed by atoms with Gasteiger partial charge < -0.3 is 4.90 Å². The third-order valence-electron chi connectivity index (χ3n) is 4.66. The standard InChI is InChI=1S/C18H25NO.ClH/c1-14(18(20)19-11-3-2-4-12-19)13-15-5-7-16(8-6-15)17-9-10-17;/h5-8,14,17H,2-4,9-13H2,1H3;1H. The van der Waals surface area contributed by atoms with Gasteiger partial charge in [-0.2, -0.15) is 0 Å². The minimum absolute atomic E-state index is 0. The maximum Gasteiger partial charge on any atom is 0.225 e. The van der Waals surface area contributed by atoms with Crippen molar-refractivity contribution in [2.75, 3.05) is 13.1 Å². The topological polar surface area (TPSA) is 20.3 Å². The number of nitrogens with zero attached hydrogens (tertiary/aromatic N) is 1. The Morgan fingerprint density at radius 1 is 1.14 bits per heavy atom. The molecule has 1 aliphatic heterocycles. The van der Waals surface area contributed by atoms with Crippen LogP contribution >= 0.6 is 12.4 Å². The van der Waals surface area contributed by atoms with E-state index >= 15 is 0 Å². The van der Waals surface area contributed by atoms with E-state index in [2.05, 4.69) is 36.1 Å². The van der Waals surface area contributed by atoms with Crippen LogP contribution in [0.5, 0.6) is 0 Å². The first-order valence-electron chi connectivity index (χ1n) is 8.11. The second kappa shape index (κ2) is 7.31. The van der Waals surface area contributed by atoms with Crippen LogP contribution in [0.15, 0.2) is 24.3 Å². The monoisotopic (exact) mass is 307 g/mol. The zero-order chi connectivity index (χ0) is 13.9. The predicted molar refractivity (Wildman–Crippen MR) is 89.0 cm³/mol. The van der Waals surface area contributed by atoms with Gasteiger partial charge in [-0.05, 0) is 55.6 Å². The summed E-state index contributed by atoms with van der Waals surface area (Å²) in [5.41, 5.74) is 2.77.